The first-order valence-corrected chi connectivity index (χ1v) is 19.0. The molecular formula is C42H49N7O6. The smallest absolute Gasteiger partial charge is 0.410 e. The molecule has 2 amide bonds. The first-order valence-electron chi connectivity index (χ1n) is 19.0. The van der Waals surface area contributed by atoms with Gasteiger partial charge < -0.3 is 38.5 Å². The maximum absolute atomic E-state index is 13.3. The molecule has 1 aromatic heterocycles. The zero-order valence-electron chi connectivity index (χ0n) is 32.0. The van der Waals surface area contributed by atoms with Crippen LogP contribution in [0.1, 0.15) is 50.9 Å². The molecule has 2 saturated heterocycles. The minimum Gasteiger partial charge on any atom is -0.461 e. The number of piperazine rings is 1. The van der Waals surface area contributed by atoms with Gasteiger partial charge in [-0.1, -0.05) is 66.7 Å². The Morgan fingerprint density at radius 3 is 2.49 bits per heavy atom. The fraction of sp³-hybridized carbons (Fsp3) is 0.452. The molecule has 0 bridgehead atoms. The predicted molar refractivity (Wildman–Crippen MR) is 208 cm³/mol. The number of amides is 2. The van der Waals surface area contributed by atoms with Crippen LogP contribution in [0.25, 0.3) is 10.8 Å². The number of anilines is 2. The van der Waals surface area contributed by atoms with Crippen molar-refractivity contribution >= 4 is 34.5 Å². The SMILES string of the molecule is C[C@@H]1CO[C@@H](COc2nc3c(c(N4CCN(C(=O)OCc5ccccc5)[C@@H](CC#N)C4)n2)CCN(c2cccc4ccccc24)C3)CN1C(=O)OC(C)(C)C. The number of ether oxygens (including phenoxy) is 4. The quantitative estimate of drug-likeness (QED) is 0.200. The van der Waals surface area contributed by atoms with Gasteiger partial charge in [-0.3, -0.25) is 0 Å². The molecule has 55 heavy (non-hydrogen) atoms. The molecular weight excluding hydrogens is 699 g/mol. The Morgan fingerprint density at radius 2 is 1.69 bits per heavy atom. The molecule has 3 aromatic carbocycles. The standard InChI is InChI=1S/C42H49N7O6/c1-29-26-52-33(24-49(29)41(51)55-42(2,3)4)28-53-39-44-36-25-46(37-16-10-14-31-13-8-9-15-34(31)37)20-18-35(36)38(45-39)47-21-22-48(32(23-47)17-19-43)40(50)54-27-30-11-6-5-7-12-30/h5-16,29,32-33H,17-18,20-28H2,1-4H3/t29-,32+,33-/m1/s1. The van der Waals surface area contributed by atoms with Gasteiger partial charge in [-0.2, -0.15) is 15.2 Å². The fourth-order valence-corrected chi connectivity index (χ4v) is 7.44. The van der Waals surface area contributed by atoms with E-state index in [1.807, 2.05) is 64.1 Å². The highest BCUT2D eigenvalue weighted by atomic mass is 16.6. The molecule has 7 rings (SSSR count). The zero-order chi connectivity index (χ0) is 38.5. The lowest BCUT2D eigenvalue weighted by Gasteiger charge is -2.42. The first kappa shape index (κ1) is 37.7. The summed E-state index contributed by atoms with van der Waals surface area (Å²) >= 11 is 0. The Hall–Kier alpha value is -5.61. The third-order valence-corrected chi connectivity index (χ3v) is 10.2. The van der Waals surface area contributed by atoms with E-state index in [1.54, 1.807) is 9.80 Å². The second-order valence-electron chi connectivity index (χ2n) is 15.4. The van der Waals surface area contributed by atoms with E-state index in [9.17, 15) is 14.9 Å². The van der Waals surface area contributed by atoms with Crippen molar-refractivity contribution in [3.05, 3.63) is 89.6 Å². The number of carbonyl (C=O) groups excluding carboxylic acids is 2. The Bertz CT molecular complexity index is 2030. The molecule has 0 aliphatic carbocycles. The second kappa shape index (κ2) is 16.4. The van der Waals surface area contributed by atoms with E-state index in [0.29, 0.717) is 45.8 Å². The van der Waals surface area contributed by atoms with Crippen molar-refractivity contribution in [3.8, 4) is 12.1 Å². The largest absolute Gasteiger partial charge is 0.461 e. The van der Waals surface area contributed by atoms with Gasteiger partial charge in [0, 0.05) is 42.8 Å². The summed E-state index contributed by atoms with van der Waals surface area (Å²) in [6, 6.07) is 26.2. The molecule has 288 valence electrons. The number of morpholine rings is 1. The van der Waals surface area contributed by atoms with E-state index in [1.165, 1.54) is 10.8 Å². The van der Waals surface area contributed by atoms with Crippen LogP contribution in [0.3, 0.4) is 0 Å². The molecule has 4 heterocycles. The lowest BCUT2D eigenvalue weighted by atomic mass is 10.0. The lowest BCUT2D eigenvalue weighted by Crippen LogP contribution is -2.56. The summed E-state index contributed by atoms with van der Waals surface area (Å²) in [5.74, 6) is 0.742. The molecule has 0 spiro atoms. The van der Waals surface area contributed by atoms with Crippen molar-refractivity contribution in [1.29, 1.82) is 5.26 Å². The summed E-state index contributed by atoms with van der Waals surface area (Å²) in [5.41, 5.74) is 3.30. The number of fused-ring (bicyclic) bond motifs is 2. The van der Waals surface area contributed by atoms with Gasteiger partial charge >= 0.3 is 18.2 Å². The van der Waals surface area contributed by atoms with Crippen molar-refractivity contribution in [2.24, 2.45) is 0 Å². The Labute approximate surface area is 322 Å². The number of hydrogen-bond donors (Lipinski definition) is 0. The van der Waals surface area contributed by atoms with Crippen molar-refractivity contribution in [3.63, 3.8) is 0 Å². The summed E-state index contributed by atoms with van der Waals surface area (Å²) in [4.78, 5) is 44.1. The highest BCUT2D eigenvalue weighted by molar-refractivity contribution is 5.94. The molecule has 0 N–H and O–H groups in total. The molecule has 3 aliphatic rings. The third-order valence-electron chi connectivity index (χ3n) is 10.2. The number of nitriles is 1. The van der Waals surface area contributed by atoms with Gasteiger partial charge in [0.2, 0.25) is 0 Å². The maximum atomic E-state index is 13.3. The van der Waals surface area contributed by atoms with Crippen LogP contribution in [0.4, 0.5) is 21.1 Å². The minimum absolute atomic E-state index is 0.134. The normalized spacial score (nSPS) is 20.1. The van der Waals surface area contributed by atoms with Gasteiger partial charge in [0.25, 0.3) is 0 Å². The number of aromatic nitrogens is 2. The van der Waals surface area contributed by atoms with E-state index in [0.717, 1.165) is 34.9 Å². The summed E-state index contributed by atoms with van der Waals surface area (Å²) in [5, 5.41) is 12.2. The molecule has 0 unspecified atom stereocenters. The molecule has 0 radical (unpaired) electrons. The minimum atomic E-state index is -0.616. The summed E-state index contributed by atoms with van der Waals surface area (Å²) in [6.07, 6.45) is -0.391. The number of hydrogen-bond acceptors (Lipinski definition) is 11. The van der Waals surface area contributed by atoms with Crippen LogP contribution in [0.5, 0.6) is 6.01 Å². The molecule has 2 fully saturated rings. The van der Waals surface area contributed by atoms with E-state index in [2.05, 4.69) is 52.3 Å². The van der Waals surface area contributed by atoms with Crippen LogP contribution < -0.4 is 14.5 Å². The number of carbonyl (C=O) groups is 2. The van der Waals surface area contributed by atoms with Crippen molar-refractivity contribution in [2.45, 2.75) is 77.5 Å². The van der Waals surface area contributed by atoms with Crippen LogP contribution in [0, 0.1) is 11.3 Å². The maximum Gasteiger partial charge on any atom is 0.410 e. The monoisotopic (exact) mass is 747 g/mol. The number of benzene rings is 3. The summed E-state index contributed by atoms with van der Waals surface area (Å²) in [7, 11) is 0. The molecule has 0 saturated carbocycles. The Morgan fingerprint density at radius 1 is 0.909 bits per heavy atom. The zero-order valence-corrected chi connectivity index (χ0v) is 32.0. The average Bonchev–Trinajstić information content (AvgIpc) is 3.18. The molecule has 3 atom stereocenters. The molecule has 13 nitrogen and oxygen atoms in total. The Kier molecular flexibility index (Phi) is 11.2. The average molecular weight is 748 g/mol. The summed E-state index contributed by atoms with van der Waals surface area (Å²) < 4.78 is 23.8. The summed E-state index contributed by atoms with van der Waals surface area (Å²) in [6.45, 7) is 11.0. The van der Waals surface area contributed by atoms with Gasteiger partial charge in [-0.15, -0.1) is 0 Å². The van der Waals surface area contributed by atoms with E-state index in [-0.39, 0.29) is 37.8 Å². The third kappa shape index (κ3) is 8.86. The highest BCUT2D eigenvalue weighted by Crippen LogP contribution is 2.35. The van der Waals surface area contributed by atoms with Crippen LogP contribution >= 0.6 is 0 Å². The molecule has 13 heteroatoms. The van der Waals surface area contributed by atoms with E-state index >= 15 is 0 Å². The van der Waals surface area contributed by atoms with Crippen molar-refractivity contribution < 1.29 is 28.5 Å². The highest BCUT2D eigenvalue weighted by Gasteiger charge is 2.36. The van der Waals surface area contributed by atoms with E-state index in [4.69, 9.17) is 28.9 Å². The van der Waals surface area contributed by atoms with Crippen LogP contribution in [0.15, 0.2) is 72.8 Å². The first-order chi connectivity index (χ1) is 26.6. The second-order valence-corrected chi connectivity index (χ2v) is 15.4. The van der Waals surface area contributed by atoms with Crippen LogP contribution in [-0.4, -0.2) is 102 Å². The predicted octanol–water partition coefficient (Wildman–Crippen LogP) is 6.34. The topological polar surface area (TPSA) is 134 Å². The molecule has 3 aliphatic heterocycles. The van der Waals surface area contributed by atoms with Gasteiger partial charge in [0.15, 0.2) is 0 Å². The van der Waals surface area contributed by atoms with Gasteiger partial charge in [-0.25, -0.2) is 9.59 Å². The molecule has 4 aromatic rings. The van der Waals surface area contributed by atoms with Gasteiger partial charge in [-0.05, 0) is 51.1 Å². The number of nitrogens with zero attached hydrogens (tertiary/aromatic N) is 7. The van der Waals surface area contributed by atoms with Crippen molar-refractivity contribution in [1.82, 2.24) is 19.8 Å². The van der Waals surface area contributed by atoms with Crippen molar-refractivity contribution in [2.75, 3.05) is 55.7 Å². The Balaban J connectivity index is 1.13. The van der Waals surface area contributed by atoms with E-state index < -0.39 is 23.8 Å². The van der Waals surface area contributed by atoms with Crippen LogP contribution in [0.2, 0.25) is 0 Å². The van der Waals surface area contributed by atoms with Gasteiger partial charge in [0.1, 0.15) is 30.7 Å². The van der Waals surface area contributed by atoms with Gasteiger partial charge in [0.05, 0.1) is 50.0 Å². The fourth-order valence-electron chi connectivity index (χ4n) is 7.44. The van der Waals surface area contributed by atoms with Crippen LogP contribution in [-0.2, 0) is 33.8 Å². The number of rotatable bonds is 8. The lowest BCUT2D eigenvalue weighted by molar-refractivity contribution is -0.0782.